The first-order chi connectivity index (χ1) is 4.72. The van der Waals surface area contributed by atoms with Crippen LogP contribution in [0.5, 0.6) is 0 Å². The monoisotopic (exact) mass is 200 g/mol. The topological polar surface area (TPSA) is 56.0 Å². The largest absolute Gasteiger partial charge is 0.364 e. The Morgan fingerprint density at radius 2 is 2.40 bits per heavy atom. The van der Waals surface area contributed by atoms with E-state index in [2.05, 4.69) is 20.9 Å². The van der Waals surface area contributed by atoms with Gasteiger partial charge in [-0.2, -0.15) is 0 Å². The van der Waals surface area contributed by atoms with Crippen LogP contribution in [0.25, 0.3) is 0 Å². The quantitative estimate of drug-likeness (QED) is 0.734. The Morgan fingerprint density at radius 3 is 2.80 bits per heavy atom. The predicted molar refractivity (Wildman–Crippen MR) is 40.5 cm³/mol. The Bertz CT molecular complexity index is 262. The lowest BCUT2D eigenvalue weighted by molar-refractivity contribution is 0.0995. The number of amides is 1. The third kappa shape index (κ3) is 1.33. The van der Waals surface area contributed by atoms with Gasteiger partial charge in [0.05, 0.1) is 0 Å². The summed E-state index contributed by atoms with van der Waals surface area (Å²) >= 11 is 3.13. The van der Waals surface area contributed by atoms with E-state index in [0.717, 1.165) is 0 Å². The molecule has 0 aliphatic heterocycles. The third-order valence-electron chi connectivity index (χ3n) is 0.992. The van der Waals surface area contributed by atoms with Gasteiger partial charge in [-0.15, -0.1) is 0 Å². The number of halogens is 1. The number of hydrogen-bond donors (Lipinski definition) is 1. The lowest BCUT2D eigenvalue weighted by Gasteiger charge is -1.94. The number of pyridine rings is 1. The minimum atomic E-state index is -0.521. The normalized spacial score (nSPS) is 9.30. The molecule has 0 spiro atoms. The summed E-state index contributed by atoms with van der Waals surface area (Å²) in [4.78, 5) is 14.3. The fourth-order valence-electron chi connectivity index (χ4n) is 0.567. The minimum Gasteiger partial charge on any atom is -0.364 e. The van der Waals surface area contributed by atoms with E-state index in [4.69, 9.17) is 5.73 Å². The van der Waals surface area contributed by atoms with Gasteiger partial charge in [0.1, 0.15) is 5.69 Å². The van der Waals surface area contributed by atoms with Gasteiger partial charge in [-0.25, -0.2) is 4.98 Å². The van der Waals surface area contributed by atoms with Crippen LogP contribution in [0.1, 0.15) is 10.5 Å². The van der Waals surface area contributed by atoms with E-state index in [1.165, 1.54) is 6.20 Å². The van der Waals surface area contributed by atoms with Crippen LogP contribution in [0.15, 0.2) is 22.8 Å². The van der Waals surface area contributed by atoms with Gasteiger partial charge in [-0.05, 0) is 28.1 Å². The van der Waals surface area contributed by atoms with Crippen molar-refractivity contribution in [1.82, 2.24) is 4.98 Å². The van der Waals surface area contributed by atoms with Gasteiger partial charge < -0.3 is 5.73 Å². The smallest absolute Gasteiger partial charge is 0.268 e. The van der Waals surface area contributed by atoms with Crippen LogP contribution in [0.4, 0.5) is 0 Å². The van der Waals surface area contributed by atoms with E-state index in [-0.39, 0.29) is 5.69 Å². The van der Waals surface area contributed by atoms with Crippen LogP contribution < -0.4 is 5.73 Å². The van der Waals surface area contributed by atoms with Crippen molar-refractivity contribution < 1.29 is 4.79 Å². The number of carbonyl (C=O) groups excluding carboxylic acids is 1. The molecule has 4 heteroatoms. The predicted octanol–water partition coefficient (Wildman–Crippen LogP) is 0.943. The zero-order valence-corrected chi connectivity index (χ0v) is 6.63. The molecule has 1 aromatic heterocycles. The van der Waals surface area contributed by atoms with Crippen molar-refractivity contribution in [3.8, 4) is 0 Å². The molecule has 0 saturated carbocycles. The molecule has 1 heterocycles. The van der Waals surface area contributed by atoms with Gasteiger partial charge in [0.2, 0.25) is 0 Å². The molecule has 3 nitrogen and oxygen atoms in total. The van der Waals surface area contributed by atoms with Gasteiger partial charge >= 0.3 is 0 Å². The molecule has 0 aromatic carbocycles. The van der Waals surface area contributed by atoms with E-state index in [0.29, 0.717) is 4.47 Å². The summed E-state index contributed by atoms with van der Waals surface area (Å²) in [6.45, 7) is 0. The van der Waals surface area contributed by atoms with Gasteiger partial charge in [-0.1, -0.05) is 0 Å². The van der Waals surface area contributed by atoms with E-state index >= 15 is 0 Å². The number of nitrogens with two attached hydrogens (primary N) is 1. The van der Waals surface area contributed by atoms with Crippen molar-refractivity contribution in [3.05, 3.63) is 28.5 Å². The highest BCUT2D eigenvalue weighted by Gasteiger charge is 2.04. The number of primary amides is 1. The van der Waals surface area contributed by atoms with Crippen molar-refractivity contribution in [3.63, 3.8) is 0 Å². The summed E-state index contributed by atoms with van der Waals surface area (Å²) in [7, 11) is 0. The molecular formula is C6H5BrN2O. The lowest BCUT2D eigenvalue weighted by atomic mass is 10.3. The van der Waals surface area contributed by atoms with Crippen molar-refractivity contribution in [2.75, 3.05) is 0 Å². The highest BCUT2D eigenvalue weighted by Crippen LogP contribution is 2.11. The summed E-state index contributed by atoms with van der Waals surface area (Å²) in [5.41, 5.74) is 5.25. The lowest BCUT2D eigenvalue weighted by Crippen LogP contribution is -2.13. The molecule has 52 valence electrons. The molecule has 0 unspecified atom stereocenters. The van der Waals surface area contributed by atoms with Crippen LogP contribution in [0.3, 0.4) is 0 Å². The summed E-state index contributed by atoms with van der Waals surface area (Å²) in [5, 5.41) is 0. The summed E-state index contributed by atoms with van der Waals surface area (Å²) in [6, 6.07) is 3.43. The Labute approximate surface area is 66.4 Å². The van der Waals surface area contributed by atoms with Gasteiger partial charge in [0.25, 0.3) is 5.91 Å². The van der Waals surface area contributed by atoms with Gasteiger partial charge in [-0.3, -0.25) is 4.79 Å². The molecule has 2 N–H and O–H groups in total. The van der Waals surface area contributed by atoms with E-state index in [1.54, 1.807) is 12.1 Å². The Morgan fingerprint density at radius 1 is 1.70 bits per heavy atom. The van der Waals surface area contributed by atoms with Crippen LogP contribution in [0.2, 0.25) is 0 Å². The van der Waals surface area contributed by atoms with Crippen LogP contribution >= 0.6 is 15.9 Å². The van der Waals surface area contributed by atoms with E-state index in [1.807, 2.05) is 0 Å². The first-order valence-electron chi connectivity index (χ1n) is 2.62. The molecule has 0 radical (unpaired) electrons. The van der Waals surface area contributed by atoms with E-state index in [9.17, 15) is 4.79 Å². The molecule has 1 rings (SSSR count). The molecule has 0 aliphatic carbocycles. The van der Waals surface area contributed by atoms with Crippen molar-refractivity contribution in [2.24, 2.45) is 5.73 Å². The maximum Gasteiger partial charge on any atom is 0.268 e. The fourth-order valence-corrected chi connectivity index (χ4v) is 1.02. The third-order valence-corrected chi connectivity index (χ3v) is 1.63. The molecule has 0 bridgehead atoms. The Kier molecular flexibility index (Phi) is 2.01. The van der Waals surface area contributed by atoms with Crippen LogP contribution in [-0.4, -0.2) is 10.9 Å². The minimum absolute atomic E-state index is 0.266. The van der Waals surface area contributed by atoms with Crippen molar-refractivity contribution in [2.45, 2.75) is 0 Å². The number of nitrogens with zero attached hydrogens (tertiary/aromatic N) is 1. The Balaban J connectivity index is 3.15. The molecule has 0 atom stereocenters. The molecule has 1 amide bonds. The number of hydrogen-bond acceptors (Lipinski definition) is 2. The number of carbonyl (C=O) groups is 1. The first-order valence-corrected chi connectivity index (χ1v) is 3.41. The highest BCUT2D eigenvalue weighted by molar-refractivity contribution is 9.10. The number of rotatable bonds is 1. The molecule has 10 heavy (non-hydrogen) atoms. The zero-order valence-electron chi connectivity index (χ0n) is 5.04. The van der Waals surface area contributed by atoms with Gasteiger partial charge in [0.15, 0.2) is 0 Å². The van der Waals surface area contributed by atoms with Gasteiger partial charge in [0, 0.05) is 10.7 Å². The summed E-state index contributed by atoms with van der Waals surface area (Å²) in [5.74, 6) is -0.521. The summed E-state index contributed by atoms with van der Waals surface area (Å²) < 4.78 is 0.627. The maximum atomic E-state index is 10.6. The average molecular weight is 201 g/mol. The SMILES string of the molecule is NC(=O)c1ncccc1Br. The van der Waals surface area contributed by atoms with Crippen LogP contribution in [-0.2, 0) is 0 Å². The van der Waals surface area contributed by atoms with Crippen LogP contribution in [0, 0.1) is 0 Å². The summed E-state index contributed by atoms with van der Waals surface area (Å²) in [6.07, 6.45) is 1.52. The fraction of sp³-hybridized carbons (Fsp3) is 0. The standard InChI is InChI=1S/C6H5BrN2O/c7-4-2-1-3-9-5(4)6(8)10/h1-3H,(H2,8,10). The molecule has 0 aliphatic rings. The highest BCUT2D eigenvalue weighted by atomic mass is 79.9. The molecule has 0 saturated heterocycles. The second kappa shape index (κ2) is 2.79. The second-order valence-electron chi connectivity index (χ2n) is 1.70. The maximum absolute atomic E-state index is 10.6. The van der Waals surface area contributed by atoms with E-state index < -0.39 is 5.91 Å². The average Bonchev–Trinajstić information content (AvgIpc) is 1.88. The first kappa shape index (κ1) is 7.21. The molecular weight excluding hydrogens is 196 g/mol. The second-order valence-corrected chi connectivity index (χ2v) is 2.55. The van der Waals surface area contributed by atoms with Crippen molar-refractivity contribution in [1.29, 1.82) is 0 Å². The Hall–Kier alpha value is -0.900. The molecule has 1 aromatic rings. The molecule has 0 fully saturated rings. The zero-order chi connectivity index (χ0) is 7.56. The number of aromatic nitrogens is 1. The van der Waals surface area contributed by atoms with Crippen molar-refractivity contribution >= 4 is 21.8 Å².